The van der Waals surface area contributed by atoms with Crippen molar-refractivity contribution in [1.82, 2.24) is 4.98 Å². The minimum absolute atomic E-state index is 0.0723. The highest BCUT2D eigenvalue weighted by molar-refractivity contribution is 6.06. The number of nitrogens with one attached hydrogen (secondary N) is 3. The number of halogens is 1. The maximum Gasteiger partial charge on any atom is 0.272 e. The lowest BCUT2D eigenvalue weighted by atomic mass is 10.2. The number of carbonyl (C=O) groups excluding carboxylic acids is 2. The molecule has 2 amide bonds. The van der Waals surface area contributed by atoms with Gasteiger partial charge in [-0.2, -0.15) is 0 Å². The smallest absolute Gasteiger partial charge is 0.272 e. The topological polar surface area (TPSA) is 74.0 Å². The highest BCUT2D eigenvalue weighted by Crippen LogP contribution is 2.20. The number of hydrogen-bond donors (Lipinski definition) is 3. The lowest BCUT2D eigenvalue weighted by molar-refractivity contribution is -0.118. The van der Waals surface area contributed by atoms with Crippen LogP contribution in [0.3, 0.4) is 0 Å². The van der Waals surface area contributed by atoms with Gasteiger partial charge in [-0.25, -0.2) is 4.39 Å². The summed E-state index contributed by atoms with van der Waals surface area (Å²) in [7, 11) is 0. The molecule has 3 N–H and O–H groups in total. The van der Waals surface area contributed by atoms with Crippen molar-refractivity contribution in [3.05, 3.63) is 60.0 Å². The zero-order valence-electron chi connectivity index (χ0n) is 13.9. The van der Waals surface area contributed by atoms with E-state index in [0.717, 1.165) is 0 Å². The van der Waals surface area contributed by atoms with Crippen LogP contribution in [0.5, 0.6) is 0 Å². The second-order valence-electron chi connectivity index (χ2n) is 6.06. The van der Waals surface area contributed by atoms with Gasteiger partial charge in [0.1, 0.15) is 11.5 Å². The summed E-state index contributed by atoms with van der Waals surface area (Å²) < 4.78 is 13.7. The van der Waals surface area contributed by atoms with Gasteiger partial charge >= 0.3 is 0 Å². The van der Waals surface area contributed by atoms with Crippen molar-refractivity contribution in [3.63, 3.8) is 0 Å². The van der Waals surface area contributed by atoms with Gasteiger partial charge in [0.2, 0.25) is 5.91 Å². The molecule has 0 aliphatic rings. The summed E-state index contributed by atoms with van der Waals surface area (Å²) in [6.45, 7) is 3.63. The van der Waals surface area contributed by atoms with E-state index in [1.807, 2.05) is 13.8 Å². The minimum atomic E-state index is -0.377. The first-order valence-corrected chi connectivity index (χ1v) is 7.93. The van der Waals surface area contributed by atoms with Crippen LogP contribution in [0, 0.1) is 11.7 Å². The molecule has 25 heavy (non-hydrogen) atoms. The Balaban J connectivity index is 1.72. The molecular weight excluding hydrogens is 321 g/mol. The Morgan fingerprint density at radius 1 is 1.00 bits per heavy atom. The average molecular weight is 339 g/mol. The SMILES string of the molecule is CC(C)C(=O)Nc1ccc(NC(=O)c2cc3c(F)cccc3[nH]2)cc1. The Bertz CT molecular complexity index is 929. The molecular formula is C19H18FN3O2. The molecule has 0 saturated heterocycles. The third-order valence-corrected chi connectivity index (χ3v) is 3.79. The lowest BCUT2D eigenvalue weighted by Crippen LogP contribution is -2.17. The Morgan fingerprint density at radius 3 is 2.24 bits per heavy atom. The van der Waals surface area contributed by atoms with Crippen LogP contribution in [0.4, 0.5) is 15.8 Å². The maximum absolute atomic E-state index is 13.7. The summed E-state index contributed by atoms with van der Waals surface area (Å²) in [5.41, 5.74) is 2.07. The van der Waals surface area contributed by atoms with Crippen LogP contribution in [-0.4, -0.2) is 16.8 Å². The number of rotatable bonds is 4. The number of benzene rings is 2. The number of aromatic nitrogens is 1. The first kappa shape index (κ1) is 16.7. The molecule has 1 heterocycles. The van der Waals surface area contributed by atoms with Gasteiger partial charge in [0.25, 0.3) is 5.91 Å². The molecule has 3 rings (SSSR count). The number of aromatic amines is 1. The van der Waals surface area contributed by atoms with Crippen molar-refractivity contribution in [2.45, 2.75) is 13.8 Å². The van der Waals surface area contributed by atoms with E-state index in [-0.39, 0.29) is 29.2 Å². The van der Waals surface area contributed by atoms with E-state index < -0.39 is 0 Å². The average Bonchev–Trinajstić information content (AvgIpc) is 3.02. The zero-order chi connectivity index (χ0) is 18.0. The van der Waals surface area contributed by atoms with E-state index >= 15 is 0 Å². The van der Waals surface area contributed by atoms with E-state index in [1.54, 1.807) is 36.4 Å². The quantitative estimate of drug-likeness (QED) is 0.668. The number of H-pyrrole nitrogens is 1. The number of anilines is 2. The van der Waals surface area contributed by atoms with Crippen LogP contribution in [0.25, 0.3) is 10.9 Å². The van der Waals surface area contributed by atoms with Gasteiger partial charge in [0.15, 0.2) is 0 Å². The zero-order valence-corrected chi connectivity index (χ0v) is 13.9. The summed E-state index contributed by atoms with van der Waals surface area (Å²) in [5, 5.41) is 5.89. The van der Waals surface area contributed by atoms with E-state index in [1.165, 1.54) is 12.1 Å². The van der Waals surface area contributed by atoms with Gasteiger partial charge < -0.3 is 15.6 Å². The molecule has 1 aromatic heterocycles. The maximum atomic E-state index is 13.7. The predicted molar refractivity (Wildman–Crippen MR) is 96.1 cm³/mol. The molecule has 0 fully saturated rings. The van der Waals surface area contributed by atoms with Crippen LogP contribution in [-0.2, 0) is 4.79 Å². The molecule has 0 bridgehead atoms. The van der Waals surface area contributed by atoms with Crippen LogP contribution < -0.4 is 10.6 Å². The van der Waals surface area contributed by atoms with Gasteiger partial charge in [-0.3, -0.25) is 9.59 Å². The molecule has 0 spiro atoms. The minimum Gasteiger partial charge on any atom is -0.350 e. The number of fused-ring (bicyclic) bond motifs is 1. The molecule has 0 radical (unpaired) electrons. The van der Waals surface area contributed by atoms with E-state index in [0.29, 0.717) is 22.3 Å². The van der Waals surface area contributed by atoms with E-state index in [4.69, 9.17) is 0 Å². The highest BCUT2D eigenvalue weighted by Gasteiger charge is 2.12. The fraction of sp³-hybridized carbons (Fsp3) is 0.158. The molecule has 6 heteroatoms. The van der Waals surface area contributed by atoms with Gasteiger partial charge in [-0.15, -0.1) is 0 Å². The molecule has 5 nitrogen and oxygen atoms in total. The number of amides is 2. The molecule has 0 aliphatic carbocycles. The normalized spacial score (nSPS) is 10.9. The fourth-order valence-electron chi connectivity index (χ4n) is 2.36. The van der Waals surface area contributed by atoms with Gasteiger partial charge in [-0.1, -0.05) is 19.9 Å². The van der Waals surface area contributed by atoms with E-state index in [2.05, 4.69) is 15.6 Å². The van der Waals surface area contributed by atoms with Crippen molar-refractivity contribution >= 4 is 34.1 Å². The van der Waals surface area contributed by atoms with Crippen molar-refractivity contribution in [2.24, 2.45) is 5.92 Å². The predicted octanol–water partition coefficient (Wildman–Crippen LogP) is 4.15. The Morgan fingerprint density at radius 2 is 1.64 bits per heavy atom. The van der Waals surface area contributed by atoms with Crippen molar-refractivity contribution < 1.29 is 14.0 Å². The van der Waals surface area contributed by atoms with Crippen molar-refractivity contribution in [3.8, 4) is 0 Å². The first-order valence-electron chi connectivity index (χ1n) is 7.93. The van der Waals surface area contributed by atoms with Gasteiger partial charge in [0.05, 0.1) is 0 Å². The van der Waals surface area contributed by atoms with Crippen LogP contribution in [0.15, 0.2) is 48.5 Å². The summed E-state index contributed by atoms with van der Waals surface area (Å²) in [4.78, 5) is 26.9. The molecule has 0 atom stereocenters. The molecule has 3 aromatic rings. The number of carbonyl (C=O) groups is 2. The highest BCUT2D eigenvalue weighted by atomic mass is 19.1. The Hall–Kier alpha value is -3.15. The van der Waals surface area contributed by atoms with Gasteiger partial charge in [0, 0.05) is 28.2 Å². The van der Waals surface area contributed by atoms with Crippen molar-refractivity contribution in [2.75, 3.05) is 10.6 Å². The second-order valence-corrected chi connectivity index (χ2v) is 6.06. The monoisotopic (exact) mass is 339 g/mol. The standard InChI is InChI=1S/C19H18FN3O2/c1-11(2)18(24)21-12-6-8-13(9-7-12)22-19(25)17-10-14-15(20)4-3-5-16(14)23-17/h3-11,23H,1-2H3,(H,21,24)(H,22,25). The fourth-order valence-corrected chi connectivity index (χ4v) is 2.36. The third-order valence-electron chi connectivity index (χ3n) is 3.79. The van der Waals surface area contributed by atoms with Crippen LogP contribution in [0.2, 0.25) is 0 Å². The van der Waals surface area contributed by atoms with Crippen LogP contribution in [0.1, 0.15) is 24.3 Å². The van der Waals surface area contributed by atoms with Gasteiger partial charge in [-0.05, 0) is 42.5 Å². The second kappa shape index (κ2) is 6.76. The molecule has 0 unspecified atom stereocenters. The largest absolute Gasteiger partial charge is 0.350 e. The first-order chi connectivity index (χ1) is 11.9. The number of hydrogen-bond acceptors (Lipinski definition) is 2. The molecule has 0 aliphatic heterocycles. The summed E-state index contributed by atoms with van der Waals surface area (Å²) >= 11 is 0. The van der Waals surface area contributed by atoms with Crippen molar-refractivity contribution in [1.29, 1.82) is 0 Å². The molecule has 2 aromatic carbocycles. The lowest BCUT2D eigenvalue weighted by Gasteiger charge is -2.09. The summed E-state index contributed by atoms with van der Waals surface area (Å²) in [5.74, 6) is -0.925. The Labute approximate surface area is 144 Å². The van der Waals surface area contributed by atoms with E-state index in [9.17, 15) is 14.0 Å². The summed E-state index contributed by atoms with van der Waals surface area (Å²) in [6.07, 6.45) is 0. The summed E-state index contributed by atoms with van der Waals surface area (Å²) in [6, 6.07) is 12.9. The Kier molecular flexibility index (Phi) is 4.52. The third kappa shape index (κ3) is 3.68. The van der Waals surface area contributed by atoms with Crippen LogP contribution >= 0.6 is 0 Å². The molecule has 0 saturated carbocycles. The molecule has 128 valence electrons.